The molecule has 0 nitrogen and oxygen atoms in total. The highest BCUT2D eigenvalue weighted by molar-refractivity contribution is 6.41. The number of rotatable bonds is 2. The van der Waals surface area contributed by atoms with Gasteiger partial charge in [-0.2, -0.15) is 0 Å². The Morgan fingerprint density at radius 1 is 1.20 bits per heavy atom. The second-order valence-corrected chi connectivity index (χ2v) is 2.94. The van der Waals surface area contributed by atoms with Crippen LogP contribution >= 0.6 is 0 Å². The Balaban J connectivity index is 2.67. The molecule has 0 aromatic heterocycles. The monoisotopic (exact) mass is 146 g/mol. The lowest BCUT2D eigenvalue weighted by Crippen LogP contribution is -1.72. The first-order valence-corrected chi connectivity index (χ1v) is 4.90. The lowest BCUT2D eigenvalue weighted by molar-refractivity contribution is 1.66. The van der Waals surface area contributed by atoms with Crippen molar-refractivity contribution in [1.82, 2.24) is 0 Å². The standard InChI is InChI=1S/C9H10Si/c1-10-8-7-9-5-3-2-4-6-9/h2-8H,1H3. The van der Waals surface area contributed by atoms with Gasteiger partial charge in [0.1, 0.15) is 0 Å². The second-order valence-electron chi connectivity index (χ2n) is 2.03. The molecule has 0 saturated carbocycles. The van der Waals surface area contributed by atoms with Crippen LogP contribution in [0.15, 0.2) is 36.0 Å². The van der Waals surface area contributed by atoms with Gasteiger partial charge in [0.15, 0.2) is 0 Å². The van der Waals surface area contributed by atoms with Crippen molar-refractivity contribution in [2.75, 3.05) is 0 Å². The molecule has 1 aromatic carbocycles. The van der Waals surface area contributed by atoms with Crippen molar-refractivity contribution in [1.29, 1.82) is 0 Å². The Hall–Kier alpha value is -0.823. The molecular weight excluding hydrogens is 136 g/mol. The molecule has 1 heteroatoms. The van der Waals surface area contributed by atoms with Crippen LogP contribution in [0.25, 0.3) is 6.08 Å². The largest absolute Gasteiger partial charge is 0.0985 e. The fourth-order valence-electron chi connectivity index (χ4n) is 0.744. The van der Waals surface area contributed by atoms with Crippen molar-refractivity contribution in [3.63, 3.8) is 0 Å². The van der Waals surface area contributed by atoms with Crippen molar-refractivity contribution in [3.05, 3.63) is 41.6 Å². The summed E-state index contributed by atoms with van der Waals surface area (Å²) in [6.45, 7) is 2.17. The summed E-state index contributed by atoms with van der Waals surface area (Å²) in [6.07, 6.45) is 2.15. The zero-order valence-corrected chi connectivity index (χ0v) is 7.04. The van der Waals surface area contributed by atoms with E-state index in [1.807, 2.05) is 6.07 Å². The van der Waals surface area contributed by atoms with Gasteiger partial charge in [0, 0.05) is 0 Å². The van der Waals surface area contributed by atoms with Crippen molar-refractivity contribution in [3.8, 4) is 0 Å². The van der Waals surface area contributed by atoms with Gasteiger partial charge in [-0.05, 0) is 5.56 Å². The molecule has 0 aliphatic rings. The molecule has 50 valence electrons. The van der Waals surface area contributed by atoms with Crippen LogP contribution in [0, 0.1) is 0 Å². The lowest BCUT2D eigenvalue weighted by atomic mass is 10.2. The van der Waals surface area contributed by atoms with Gasteiger partial charge in [0.2, 0.25) is 0 Å². The molecule has 0 saturated heterocycles. The molecule has 0 N–H and O–H groups in total. The topological polar surface area (TPSA) is 0 Å². The summed E-state index contributed by atoms with van der Waals surface area (Å²) in [5.74, 6) is 0. The van der Waals surface area contributed by atoms with E-state index in [1.165, 1.54) is 5.56 Å². The van der Waals surface area contributed by atoms with E-state index in [2.05, 4.69) is 42.6 Å². The third-order valence-electron chi connectivity index (χ3n) is 1.24. The molecule has 2 radical (unpaired) electrons. The van der Waals surface area contributed by atoms with Crippen molar-refractivity contribution >= 4 is 15.6 Å². The Morgan fingerprint density at radius 3 is 2.50 bits per heavy atom. The number of benzene rings is 1. The van der Waals surface area contributed by atoms with Crippen LogP contribution < -0.4 is 0 Å². The van der Waals surface area contributed by atoms with Crippen LogP contribution in [-0.2, 0) is 0 Å². The first kappa shape index (κ1) is 7.29. The number of hydrogen-bond donors (Lipinski definition) is 0. The molecule has 0 fully saturated rings. The first-order valence-electron chi connectivity index (χ1n) is 3.32. The maximum atomic E-state index is 2.19. The summed E-state index contributed by atoms with van der Waals surface area (Å²) in [5, 5.41) is 0. The second kappa shape index (κ2) is 4.07. The molecule has 0 aliphatic heterocycles. The van der Waals surface area contributed by atoms with Crippen molar-refractivity contribution < 1.29 is 0 Å². The SMILES string of the molecule is C[Si]C=Cc1ccccc1. The molecule has 10 heavy (non-hydrogen) atoms. The average Bonchev–Trinajstić information content (AvgIpc) is 2.03. The molecular formula is C9H10Si. The molecule has 0 heterocycles. The highest BCUT2D eigenvalue weighted by Gasteiger charge is 1.79. The van der Waals surface area contributed by atoms with Crippen molar-refractivity contribution in [2.45, 2.75) is 6.55 Å². The first-order chi connectivity index (χ1) is 4.93. The Labute approximate surface area is 64.4 Å². The van der Waals surface area contributed by atoms with Gasteiger partial charge in [0.25, 0.3) is 0 Å². The summed E-state index contributed by atoms with van der Waals surface area (Å²) in [4.78, 5) is 0. The van der Waals surface area contributed by atoms with Crippen LogP contribution in [0.4, 0.5) is 0 Å². The molecule has 0 spiro atoms. The minimum Gasteiger partial charge on any atom is -0.0985 e. The van der Waals surface area contributed by atoms with Crippen LogP contribution in [0.2, 0.25) is 6.55 Å². The molecule has 0 atom stereocenters. The Kier molecular flexibility index (Phi) is 2.96. The smallest absolute Gasteiger partial charge is 0.0668 e. The van der Waals surface area contributed by atoms with Gasteiger partial charge >= 0.3 is 0 Å². The van der Waals surface area contributed by atoms with E-state index in [-0.39, 0.29) is 0 Å². The van der Waals surface area contributed by atoms with Crippen LogP contribution in [0.1, 0.15) is 5.56 Å². The fourth-order valence-corrected chi connectivity index (χ4v) is 1.10. The van der Waals surface area contributed by atoms with Gasteiger partial charge in [-0.3, -0.25) is 0 Å². The molecule has 0 aliphatic carbocycles. The van der Waals surface area contributed by atoms with Gasteiger partial charge < -0.3 is 0 Å². The summed E-state index contributed by atoms with van der Waals surface area (Å²) in [7, 11) is 0.903. The Morgan fingerprint density at radius 2 is 1.90 bits per heavy atom. The van der Waals surface area contributed by atoms with E-state index in [4.69, 9.17) is 0 Å². The molecule has 0 amide bonds. The normalized spacial score (nSPS) is 10.5. The predicted octanol–water partition coefficient (Wildman–Crippen LogP) is 2.41. The zero-order chi connectivity index (χ0) is 7.23. The van der Waals surface area contributed by atoms with E-state index in [1.54, 1.807) is 0 Å². The minimum absolute atomic E-state index is 0.903. The summed E-state index contributed by atoms with van der Waals surface area (Å²) in [6, 6.07) is 10.4. The maximum Gasteiger partial charge on any atom is 0.0668 e. The highest BCUT2D eigenvalue weighted by atomic mass is 28.2. The van der Waals surface area contributed by atoms with Gasteiger partial charge in [-0.15, -0.1) is 0 Å². The van der Waals surface area contributed by atoms with E-state index in [9.17, 15) is 0 Å². The Bertz CT molecular complexity index is 201. The van der Waals surface area contributed by atoms with E-state index < -0.39 is 0 Å². The minimum atomic E-state index is 0.903. The summed E-state index contributed by atoms with van der Waals surface area (Å²) < 4.78 is 0. The molecule has 0 unspecified atom stereocenters. The van der Waals surface area contributed by atoms with Crippen LogP contribution in [0.5, 0.6) is 0 Å². The molecule has 1 rings (SSSR count). The maximum absolute atomic E-state index is 2.19. The average molecular weight is 146 g/mol. The zero-order valence-electron chi connectivity index (χ0n) is 6.04. The summed E-state index contributed by atoms with van der Waals surface area (Å²) in [5.41, 5.74) is 3.48. The van der Waals surface area contributed by atoms with Crippen LogP contribution in [-0.4, -0.2) is 9.52 Å². The van der Waals surface area contributed by atoms with Crippen molar-refractivity contribution in [2.24, 2.45) is 0 Å². The van der Waals surface area contributed by atoms with Gasteiger partial charge in [0.05, 0.1) is 9.52 Å². The highest BCUT2D eigenvalue weighted by Crippen LogP contribution is 1.99. The molecule has 1 aromatic rings. The lowest BCUT2D eigenvalue weighted by Gasteiger charge is -1.88. The fraction of sp³-hybridized carbons (Fsp3) is 0.111. The van der Waals surface area contributed by atoms with Crippen LogP contribution in [0.3, 0.4) is 0 Å². The third-order valence-corrected chi connectivity index (χ3v) is 1.74. The molecule has 0 bridgehead atoms. The van der Waals surface area contributed by atoms with Gasteiger partial charge in [-0.25, -0.2) is 0 Å². The number of hydrogen-bond acceptors (Lipinski definition) is 0. The van der Waals surface area contributed by atoms with Gasteiger partial charge in [-0.1, -0.05) is 48.7 Å². The summed E-state index contributed by atoms with van der Waals surface area (Å²) >= 11 is 0. The van der Waals surface area contributed by atoms with E-state index >= 15 is 0 Å². The van der Waals surface area contributed by atoms with E-state index in [0.29, 0.717) is 0 Å². The quantitative estimate of drug-likeness (QED) is 0.562. The van der Waals surface area contributed by atoms with E-state index in [0.717, 1.165) is 9.52 Å². The third kappa shape index (κ3) is 2.19. The predicted molar refractivity (Wildman–Crippen MR) is 47.1 cm³/mol.